The molecule has 100 valence electrons. The van der Waals surface area contributed by atoms with Gasteiger partial charge in [0.2, 0.25) is 0 Å². The topological polar surface area (TPSA) is 28.2 Å². The molecule has 1 N–H and O–H groups in total. The van der Waals surface area contributed by atoms with E-state index < -0.39 is 0 Å². The van der Waals surface area contributed by atoms with Gasteiger partial charge in [0.05, 0.1) is 5.69 Å². The Kier molecular flexibility index (Phi) is 4.47. The second-order valence-corrected chi connectivity index (χ2v) is 4.56. The Morgan fingerprint density at radius 3 is 2.53 bits per heavy atom. The highest BCUT2D eigenvalue weighted by molar-refractivity contribution is 5.34. The quantitative estimate of drug-likeness (QED) is 0.895. The number of pyridine rings is 1. The Morgan fingerprint density at radius 1 is 1.11 bits per heavy atom. The summed E-state index contributed by atoms with van der Waals surface area (Å²) in [5.41, 5.74) is 2.10. The fourth-order valence-electron chi connectivity index (χ4n) is 1.94. The maximum atomic E-state index is 12.8. The molecule has 0 radical (unpaired) electrons. The van der Waals surface area contributed by atoms with Crippen molar-refractivity contribution < 1.29 is 4.39 Å². The molecule has 0 saturated heterocycles. The minimum Gasteiger partial charge on any atom is -0.373 e. The zero-order chi connectivity index (χ0) is 13.7. The monoisotopic (exact) mass is 259 g/mol. The summed E-state index contributed by atoms with van der Waals surface area (Å²) in [6.07, 6.45) is 0. The van der Waals surface area contributed by atoms with E-state index in [0.29, 0.717) is 0 Å². The second kappa shape index (κ2) is 6.29. The molecule has 2 rings (SSSR count). The molecule has 0 fully saturated rings. The van der Waals surface area contributed by atoms with E-state index in [1.807, 2.05) is 44.4 Å². The molecule has 0 aliphatic heterocycles. The summed E-state index contributed by atoms with van der Waals surface area (Å²) in [5.74, 6) is 0.669. The summed E-state index contributed by atoms with van der Waals surface area (Å²) in [5, 5.41) is 3.03. The highest BCUT2D eigenvalue weighted by Gasteiger charge is 2.04. The fraction of sp³-hybridized carbons (Fsp3) is 0.267. The van der Waals surface area contributed by atoms with E-state index in [1.54, 1.807) is 0 Å². The van der Waals surface area contributed by atoms with Crippen LogP contribution in [0.15, 0.2) is 42.5 Å². The van der Waals surface area contributed by atoms with Crippen LogP contribution < -0.4 is 5.32 Å². The zero-order valence-electron chi connectivity index (χ0n) is 11.2. The first-order chi connectivity index (χ1) is 9.17. The van der Waals surface area contributed by atoms with Gasteiger partial charge in [-0.1, -0.05) is 18.2 Å². The number of anilines is 1. The second-order valence-electron chi connectivity index (χ2n) is 4.56. The van der Waals surface area contributed by atoms with Crippen LogP contribution >= 0.6 is 0 Å². The van der Waals surface area contributed by atoms with Gasteiger partial charge in [-0.15, -0.1) is 0 Å². The first-order valence-corrected chi connectivity index (χ1v) is 6.24. The maximum absolute atomic E-state index is 12.8. The highest BCUT2D eigenvalue weighted by Crippen LogP contribution is 2.09. The number of hydrogen-bond donors (Lipinski definition) is 1. The van der Waals surface area contributed by atoms with Gasteiger partial charge in [0.1, 0.15) is 11.6 Å². The van der Waals surface area contributed by atoms with Crippen LogP contribution in [0.2, 0.25) is 0 Å². The third-order valence-electron chi connectivity index (χ3n) is 2.86. The van der Waals surface area contributed by atoms with Crippen LogP contribution in [-0.2, 0) is 13.1 Å². The fourth-order valence-corrected chi connectivity index (χ4v) is 1.94. The summed E-state index contributed by atoms with van der Waals surface area (Å²) < 4.78 is 12.8. The largest absolute Gasteiger partial charge is 0.373 e. The number of aromatic nitrogens is 1. The summed E-state index contributed by atoms with van der Waals surface area (Å²) in [6, 6.07) is 12.5. The van der Waals surface area contributed by atoms with Crippen molar-refractivity contribution >= 4 is 5.82 Å². The summed E-state index contributed by atoms with van der Waals surface area (Å²) in [7, 11) is 3.88. The van der Waals surface area contributed by atoms with Crippen molar-refractivity contribution in [1.82, 2.24) is 9.88 Å². The van der Waals surface area contributed by atoms with Gasteiger partial charge in [0.25, 0.3) is 0 Å². The number of hydrogen-bond acceptors (Lipinski definition) is 3. The molecule has 3 nitrogen and oxygen atoms in total. The lowest BCUT2D eigenvalue weighted by Crippen LogP contribution is -2.18. The molecule has 0 aliphatic carbocycles. The number of nitrogens with one attached hydrogen (secondary N) is 1. The zero-order valence-corrected chi connectivity index (χ0v) is 11.2. The van der Waals surface area contributed by atoms with Gasteiger partial charge in [-0.3, -0.25) is 4.90 Å². The van der Waals surface area contributed by atoms with E-state index in [9.17, 15) is 4.39 Å². The molecule has 1 heterocycles. The van der Waals surface area contributed by atoms with Crippen molar-refractivity contribution in [3.8, 4) is 0 Å². The molecule has 0 amide bonds. The van der Waals surface area contributed by atoms with E-state index in [-0.39, 0.29) is 5.82 Å². The third kappa shape index (κ3) is 4.03. The van der Waals surface area contributed by atoms with Crippen LogP contribution in [0, 0.1) is 5.82 Å². The van der Waals surface area contributed by atoms with Gasteiger partial charge in [0, 0.05) is 20.1 Å². The lowest BCUT2D eigenvalue weighted by Gasteiger charge is -2.16. The van der Waals surface area contributed by atoms with Crippen molar-refractivity contribution in [3.05, 3.63) is 59.5 Å². The van der Waals surface area contributed by atoms with E-state index in [2.05, 4.69) is 15.2 Å². The van der Waals surface area contributed by atoms with Gasteiger partial charge in [-0.05, 0) is 36.9 Å². The van der Waals surface area contributed by atoms with E-state index >= 15 is 0 Å². The average Bonchev–Trinajstić information content (AvgIpc) is 2.41. The number of benzene rings is 1. The molecule has 0 bridgehead atoms. The van der Waals surface area contributed by atoms with Crippen LogP contribution in [0.4, 0.5) is 10.2 Å². The minimum atomic E-state index is -0.199. The van der Waals surface area contributed by atoms with Gasteiger partial charge < -0.3 is 5.32 Å². The number of nitrogens with zero attached hydrogens (tertiary/aromatic N) is 2. The Morgan fingerprint density at radius 2 is 1.84 bits per heavy atom. The molecule has 1 aromatic carbocycles. The molecule has 4 heteroatoms. The lowest BCUT2D eigenvalue weighted by molar-refractivity contribution is 0.315. The van der Waals surface area contributed by atoms with Crippen molar-refractivity contribution in [2.45, 2.75) is 13.1 Å². The predicted octanol–water partition coefficient (Wildman–Crippen LogP) is 2.89. The Bertz CT molecular complexity index is 525. The standard InChI is InChI=1S/C15H18FN3/c1-17-15-5-3-4-14(18-15)11-19(2)10-12-6-8-13(16)9-7-12/h3-9H,10-11H2,1-2H3,(H,17,18). The summed E-state index contributed by atoms with van der Waals surface area (Å²) in [4.78, 5) is 6.62. The van der Waals surface area contributed by atoms with Gasteiger partial charge >= 0.3 is 0 Å². The van der Waals surface area contributed by atoms with Crippen LogP contribution in [0.25, 0.3) is 0 Å². The summed E-state index contributed by atoms with van der Waals surface area (Å²) >= 11 is 0. The smallest absolute Gasteiger partial charge is 0.126 e. The molecule has 1 aromatic heterocycles. The summed E-state index contributed by atoms with van der Waals surface area (Å²) in [6.45, 7) is 1.53. The van der Waals surface area contributed by atoms with Crippen LogP contribution in [0.3, 0.4) is 0 Å². The highest BCUT2D eigenvalue weighted by atomic mass is 19.1. The SMILES string of the molecule is CNc1cccc(CN(C)Cc2ccc(F)cc2)n1. The van der Waals surface area contributed by atoms with E-state index in [0.717, 1.165) is 30.2 Å². The van der Waals surface area contributed by atoms with Crippen LogP contribution in [-0.4, -0.2) is 24.0 Å². The minimum absolute atomic E-state index is 0.199. The molecular weight excluding hydrogens is 241 g/mol. The van der Waals surface area contributed by atoms with Crippen LogP contribution in [0.1, 0.15) is 11.3 Å². The van der Waals surface area contributed by atoms with E-state index in [1.165, 1.54) is 12.1 Å². The molecule has 0 atom stereocenters. The molecule has 0 spiro atoms. The van der Waals surface area contributed by atoms with Gasteiger partial charge in [-0.25, -0.2) is 9.37 Å². The van der Waals surface area contributed by atoms with Gasteiger partial charge in [-0.2, -0.15) is 0 Å². The van der Waals surface area contributed by atoms with Crippen molar-refractivity contribution in [1.29, 1.82) is 0 Å². The molecular formula is C15H18FN3. The number of halogens is 1. The molecule has 0 aliphatic rings. The van der Waals surface area contributed by atoms with Gasteiger partial charge in [0.15, 0.2) is 0 Å². The van der Waals surface area contributed by atoms with E-state index in [4.69, 9.17) is 0 Å². The molecule has 19 heavy (non-hydrogen) atoms. The van der Waals surface area contributed by atoms with Crippen LogP contribution in [0.5, 0.6) is 0 Å². The third-order valence-corrected chi connectivity index (χ3v) is 2.86. The molecule has 0 saturated carbocycles. The van der Waals surface area contributed by atoms with Crippen molar-refractivity contribution in [2.24, 2.45) is 0 Å². The molecule has 2 aromatic rings. The average molecular weight is 259 g/mol. The molecule has 0 unspecified atom stereocenters. The Balaban J connectivity index is 1.96. The normalized spacial score (nSPS) is 10.7. The number of rotatable bonds is 5. The Labute approximate surface area is 113 Å². The predicted molar refractivity (Wildman–Crippen MR) is 75.4 cm³/mol. The first kappa shape index (κ1) is 13.5. The van der Waals surface area contributed by atoms with Crippen molar-refractivity contribution in [2.75, 3.05) is 19.4 Å². The lowest BCUT2D eigenvalue weighted by atomic mass is 10.2. The maximum Gasteiger partial charge on any atom is 0.126 e. The Hall–Kier alpha value is -1.94. The first-order valence-electron chi connectivity index (χ1n) is 6.24. The van der Waals surface area contributed by atoms with Crippen molar-refractivity contribution in [3.63, 3.8) is 0 Å².